The molecule has 0 saturated carbocycles. The van der Waals surface area contributed by atoms with E-state index >= 15 is 0 Å². The molecular formula is C17H19N3O5S. The molecule has 8 nitrogen and oxygen atoms in total. The van der Waals surface area contributed by atoms with E-state index in [1.807, 2.05) is 0 Å². The van der Waals surface area contributed by atoms with Crippen LogP contribution in [0.15, 0.2) is 47.6 Å². The molecule has 0 spiro atoms. The van der Waals surface area contributed by atoms with E-state index in [-0.39, 0.29) is 23.2 Å². The predicted molar refractivity (Wildman–Crippen MR) is 94.5 cm³/mol. The van der Waals surface area contributed by atoms with Crippen molar-refractivity contribution in [2.24, 2.45) is 0 Å². The first-order chi connectivity index (χ1) is 12.4. The second kappa shape index (κ2) is 7.38. The molecule has 2 heterocycles. The van der Waals surface area contributed by atoms with Crippen LogP contribution in [0.25, 0.3) is 0 Å². The van der Waals surface area contributed by atoms with Crippen LogP contribution in [0.1, 0.15) is 18.4 Å². The van der Waals surface area contributed by atoms with Crippen molar-refractivity contribution in [1.82, 2.24) is 9.29 Å². The van der Waals surface area contributed by atoms with Gasteiger partial charge in [0.2, 0.25) is 10.0 Å². The first-order valence-electron chi connectivity index (χ1n) is 8.20. The van der Waals surface area contributed by atoms with Gasteiger partial charge in [-0.2, -0.15) is 4.31 Å². The molecule has 1 aromatic heterocycles. The average molecular weight is 377 g/mol. The van der Waals surface area contributed by atoms with Gasteiger partial charge in [0.1, 0.15) is 11.9 Å². The molecule has 2 aromatic rings. The van der Waals surface area contributed by atoms with Crippen LogP contribution >= 0.6 is 0 Å². The Morgan fingerprint density at radius 1 is 1.27 bits per heavy atom. The fraction of sp³-hybridized carbons (Fsp3) is 0.353. The smallest absolute Gasteiger partial charge is 0.270 e. The van der Waals surface area contributed by atoms with E-state index < -0.39 is 14.9 Å². The molecule has 26 heavy (non-hydrogen) atoms. The minimum atomic E-state index is -3.84. The number of aryl methyl sites for hydroxylation is 1. The highest BCUT2D eigenvalue weighted by Gasteiger charge is 2.33. The van der Waals surface area contributed by atoms with Crippen molar-refractivity contribution in [2.45, 2.75) is 30.8 Å². The van der Waals surface area contributed by atoms with E-state index in [0.29, 0.717) is 24.3 Å². The Bertz CT molecular complexity index is 902. The van der Waals surface area contributed by atoms with Gasteiger partial charge in [0.05, 0.1) is 16.4 Å². The predicted octanol–water partition coefficient (Wildman–Crippen LogP) is 2.53. The van der Waals surface area contributed by atoms with Crippen LogP contribution in [0, 0.1) is 17.0 Å². The normalized spacial score (nSPS) is 18.4. The second-order valence-electron chi connectivity index (χ2n) is 6.13. The van der Waals surface area contributed by atoms with Crippen LogP contribution in [0.2, 0.25) is 0 Å². The highest BCUT2D eigenvalue weighted by atomic mass is 32.2. The molecule has 1 aliphatic heterocycles. The summed E-state index contributed by atoms with van der Waals surface area (Å²) in [5.41, 5.74) is 0.239. The number of piperidine rings is 1. The summed E-state index contributed by atoms with van der Waals surface area (Å²) in [6, 6.07) is 7.33. The van der Waals surface area contributed by atoms with Crippen LogP contribution in [-0.4, -0.2) is 41.8 Å². The van der Waals surface area contributed by atoms with Crippen LogP contribution in [0.5, 0.6) is 5.75 Å². The largest absolute Gasteiger partial charge is 0.489 e. The Balaban J connectivity index is 1.83. The Morgan fingerprint density at radius 2 is 2.00 bits per heavy atom. The van der Waals surface area contributed by atoms with Crippen LogP contribution < -0.4 is 4.74 Å². The van der Waals surface area contributed by atoms with Gasteiger partial charge in [-0.3, -0.25) is 15.1 Å². The molecule has 3 rings (SSSR count). The number of non-ortho nitro benzene ring substituents is 1. The van der Waals surface area contributed by atoms with Crippen LogP contribution in [-0.2, 0) is 10.0 Å². The third-order valence-electron chi connectivity index (χ3n) is 4.29. The van der Waals surface area contributed by atoms with Crippen molar-refractivity contribution in [3.05, 3.63) is 58.4 Å². The van der Waals surface area contributed by atoms with Gasteiger partial charge in [0.15, 0.2) is 0 Å². The number of pyridine rings is 1. The van der Waals surface area contributed by atoms with E-state index in [1.54, 1.807) is 31.5 Å². The van der Waals surface area contributed by atoms with E-state index in [2.05, 4.69) is 4.98 Å². The number of nitrogens with zero attached hydrogens (tertiary/aromatic N) is 3. The summed E-state index contributed by atoms with van der Waals surface area (Å²) in [4.78, 5) is 14.3. The van der Waals surface area contributed by atoms with Crippen molar-refractivity contribution in [1.29, 1.82) is 0 Å². The van der Waals surface area contributed by atoms with Gasteiger partial charge >= 0.3 is 0 Å². The maximum Gasteiger partial charge on any atom is 0.270 e. The SMILES string of the molecule is Cc1ccc([N+](=O)[O-])cc1S(=O)(=O)N1CCCC(Oc2ccncc2)C1. The number of nitro groups is 1. The summed E-state index contributed by atoms with van der Waals surface area (Å²) in [7, 11) is -3.84. The lowest BCUT2D eigenvalue weighted by molar-refractivity contribution is -0.385. The molecule has 1 atom stereocenters. The molecular weight excluding hydrogens is 358 g/mol. The van der Waals surface area contributed by atoms with Crippen molar-refractivity contribution in [2.75, 3.05) is 13.1 Å². The monoisotopic (exact) mass is 377 g/mol. The topological polar surface area (TPSA) is 103 Å². The maximum absolute atomic E-state index is 13.0. The van der Waals surface area contributed by atoms with Gasteiger partial charge in [-0.15, -0.1) is 0 Å². The maximum atomic E-state index is 13.0. The Kier molecular flexibility index (Phi) is 5.19. The number of sulfonamides is 1. The summed E-state index contributed by atoms with van der Waals surface area (Å²) < 4.78 is 33.2. The molecule has 1 aliphatic rings. The van der Waals surface area contributed by atoms with Gasteiger partial charge < -0.3 is 4.74 Å². The molecule has 0 amide bonds. The standard InChI is InChI=1S/C17H19N3O5S/c1-13-4-5-14(20(21)22)11-17(13)26(23,24)19-10-2-3-16(12-19)25-15-6-8-18-9-7-15/h4-9,11,16H,2-3,10,12H2,1H3. The molecule has 1 aromatic carbocycles. The van der Waals surface area contributed by atoms with Gasteiger partial charge in [-0.1, -0.05) is 6.07 Å². The average Bonchev–Trinajstić information content (AvgIpc) is 2.63. The molecule has 9 heteroatoms. The Morgan fingerprint density at radius 3 is 2.69 bits per heavy atom. The first-order valence-corrected chi connectivity index (χ1v) is 9.64. The van der Waals surface area contributed by atoms with Crippen molar-refractivity contribution >= 4 is 15.7 Å². The third kappa shape index (κ3) is 3.83. The fourth-order valence-corrected chi connectivity index (χ4v) is 4.70. The molecule has 1 saturated heterocycles. The fourth-order valence-electron chi connectivity index (χ4n) is 2.95. The zero-order valence-corrected chi connectivity index (χ0v) is 15.1. The van der Waals surface area contributed by atoms with Gasteiger partial charge in [-0.05, 0) is 37.5 Å². The lowest BCUT2D eigenvalue weighted by atomic mass is 10.1. The van der Waals surface area contributed by atoms with Crippen molar-refractivity contribution in [3.63, 3.8) is 0 Å². The molecule has 1 fully saturated rings. The molecule has 138 valence electrons. The number of benzene rings is 1. The van der Waals surface area contributed by atoms with E-state index in [1.165, 1.54) is 16.4 Å². The Hall–Kier alpha value is -2.52. The van der Waals surface area contributed by atoms with Crippen LogP contribution in [0.3, 0.4) is 0 Å². The first kappa shape index (κ1) is 18.3. The highest BCUT2D eigenvalue weighted by Crippen LogP contribution is 2.28. The molecule has 0 N–H and O–H groups in total. The van der Waals surface area contributed by atoms with E-state index in [4.69, 9.17) is 4.74 Å². The minimum Gasteiger partial charge on any atom is -0.489 e. The lowest BCUT2D eigenvalue weighted by Crippen LogP contribution is -2.44. The zero-order chi connectivity index (χ0) is 18.7. The quantitative estimate of drug-likeness (QED) is 0.586. The molecule has 0 bridgehead atoms. The molecule has 0 aliphatic carbocycles. The summed E-state index contributed by atoms with van der Waals surface area (Å²) in [6.07, 6.45) is 4.34. The number of nitro benzene ring substituents is 1. The number of rotatable bonds is 5. The number of hydrogen-bond acceptors (Lipinski definition) is 6. The third-order valence-corrected chi connectivity index (χ3v) is 6.30. The summed E-state index contributed by atoms with van der Waals surface area (Å²) in [5, 5.41) is 11.0. The second-order valence-corrected chi connectivity index (χ2v) is 8.04. The molecule has 1 unspecified atom stereocenters. The number of hydrogen-bond donors (Lipinski definition) is 0. The van der Waals surface area contributed by atoms with Gasteiger partial charge in [0, 0.05) is 31.1 Å². The summed E-state index contributed by atoms with van der Waals surface area (Å²) >= 11 is 0. The van der Waals surface area contributed by atoms with E-state index in [0.717, 1.165) is 12.5 Å². The van der Waals surface area contributed by atoms with Gasteiger partial charge in [-0.25, -0.2) is 8.42 Å². The zero-order valence-electron chi connectivity index (χ0n) is 14.2. The summed E-state index contributed by atoms with van der Waals surface area (Å²) in [6.45, 7) is 2.19. The number of aromatic nitrogens is 1. The lowest BCUT2D eigenvalue weighted by Gasteiger charge is -2.32. The van der Waals surface area contributed by atoms with Crippen molar-refractivity contribution in [3.8, 4) is 5.75 Å². The Labute approximate surface area is 151 Å². The van der Waals surface area contributed by atoms with Crippen molar-refractivity contribution < 1.29 is 18.1 Å². The van der Waals surface area contributed by atoms with Gasteiger partial charge in [0.25, 0.3) is 5.69 Å². The minimum absolute atomic E-state index is 0.0312. The number of ether oxygens (including phenoxy) is 1. The summed E-state index contributed by atoms with van der Waals surface area (Å²) in [5.74, 6) is 0.635. The van der Waals surface area contributed by atoms with Crippen LogP contribution in [0.4, 0.5) is 5.69 Å². The molecule has 0 radical (unpaired) electrons. The highest BCUT2D eigenvalue weighted by molar-refractivity contribution is 7.89. The van der Waals surface area contributed by atoms with E-state index in [9.17, 15) is 18.5 Å².